The molecule has 0 amide bonds. The van der Waals surface area contributed by atoms with Gasteiger partial charge in [0.25, 0.3) is 0 Å². The van der Waals surface area contributed by atoms with Crippen molar-refractivity contribution in [2.45, 2.75) is 93.8 Å². The van der Waals surface area contributed by atoms with E-state index in [0.717, 1.165) is 56.1 Å². The molecule has 1 saturated heterocycles. The van der Waals surface area contributed by atoms with E-state index in [4.69, 9.17) is 9.47 Å². The van der Waals surface area contributed by atoms with Crippen LogP contribution in [0.5, 0.6) is 11.5 Å². The molecular weight excluding hydrogens is 434 g/mol. The summed E-state index contributed by atoms with van der Waals surface area (Å²) in [4.78, 5) is 26.9. The molecule has 2 heterocycles. The minimum atomic E-state index is -1.07. The normalized spacial score (nSPS) is 40.4. The zero-order chi connectivity index (χ0) is 23.3. The molecule has 7 heteroatoms. The Kier molecular flexibility index (Phi) is 4.34. The van der Waals surface area contributed by atoms with Crippen molar-refractivity contribution in [2.24, 2.45) is 11.8 Å². The number of ketones is 1. The Morgan fingerprint density at radius 1 is 1.18 bits per heavy atom. The number of benzene rings is 1. The van der Waals surface area contributed by atoms with Crippen molar-refractivity contribution >= 4 is 11.8 Å². The highest BCUT2D eigenvalue weighted by Crippen LogP contribution is 2.67. The fourth-order valence-corrected chi connectivity index (χ4v) is 8.32. The summed E-state index contributed by atoms with van der Waals surface area (Å²) in [5.41, 5.74) is -0.153. The van der Waals surface area contributed by atoms with Crippen LogP contribution in [-0.4, -0.2) is 52.3 Å². The highest BCUT2D eigenvalue weighted by Gasteiger charge is 2.78. The van der Waals surface area contributed by atoms with Crippen molar-refractivity contribution in [2.75, 3.05) is 13.1 Å². The van der Waals surface area contributed by atoms with Gasteiger partial charge in [-0.05, 0) is 37.3 Å². The predicted molar refractivity (Wildman–Crippen MR) is 122 cm³/mol. The zero-order valence-electron chi connectivity index (χ0n) is 19.6. The van der Waals surface area contributed by atoms with Crippen molar-refractivity contribution in [3.63, 3.8) is 0 Å². The Morgan fingerprint density at radius 2 is 1.97 bits per heavy atom. The maximum absolute atomic E-state index is 14.6. The molecule has 2 aliphatic heterocycles. The topological polar surface area (TPSA) is 95.9 Å². The zero-order valence-corrected chi connectivity index (χ0v) is 19.6. The van der Waals surface area contributed by atoms with Gasteiger partial charge < -0.3 is 24.4 Å². The maximum atomic E-state index is 14.6. The lowest BCUT2D eigenvalue weighted by Crippen LogP contribution is -2.81. The van der Waals surface area contributed by atoms with E-state index >= 15 is 0 Å². The molecule has 3 unspecified atom stereocenters. The maximum Gasteiger partial charge on any atom is 0.309 e. The number of phenols is 1. The molecule has 7 nitrogen and oxygen atoms in total. The second-order valence-electron chi connectivity index (χ2n) is 11.8. The first-order valence-electron chi connectivity index (χ1n) is 13.2. The van der Waals surface area contributed by atoms with E-state index in [1.807, 2.05) is 6.07 Å². The minimum Gasteiger partial charge on any atom is -0.632 e. The highest BCUT2D eigenvalue weighted by molar-refractivity contribution is 5.90. The fraction of sp³-hybridized carbons (Fsp3) is 0.704. The molecule has 1 spiro atoms. The number of esters is 1. The number of hydrogen-bond donors (Lipinski definition) is 1. The SMILES string of the molecule is O=C(OC12CCC(=O)C3Oc4c(O)ccc5c4[C@@]31CC[N+]([O-])(CC1CC1)[C@@H]2C5)C1CCCCC1. The summed E-state index contributed by atoms with van der Waals surface area (Å²) in [6, 6.07) is 3.05. The summed E-state index contributed by atoms with van der Waals surface area (Å²) in [6.45, 7) is 0.953. The van der Waals surface area contributed by atoms with Crippen LogP contribution in [0.4, 0.5) is 0 Å². The summed E-state index contributed by atoms with van der Waals surface area (Å²) < 4.78 is 12.5. The van der Waals surface area contributed by atoms with Crippen LogP contribution in [0, 0.1) is 17.0 Å². The fourth-order valence-electron chi connectivity index (χ4n) is 8.32. The van der Waals surface area contributed by atoms with E-state index in [-0.39, 0.29) is 34.5 Å². The molecule has 4 aliphatic carbocycles. The van der Waals surface area contributed by atoms with Gasteiger partial charge in [0.05, 0.1) is 24.4 Å². The summed E-state index contributed by atoms with van der Waals surface area (Å²) in [7, 11) is 0. The third-order valence-corrected chi connectivity index (χ3v) is 10.0. The average molecular weight is 468 g/mol. The van der Waals surface area contributed by atoms with Crippen LogP contribution in [0.1, 0.15) is 75.3 Å². The first-order chi connectivity index (χ1) is 16.4. The van der Waals surface area contributed by atoms with E-state index < -0.39 is 23.2 Å². The summed E-state index contributed by atoms with van der Waals surface area (Å²) in [6.07, 6.45) is 7.75. The molecule has 0 radical (unpaired) electrons. The lowest BCUT2D eigenvalue weighted by Gasteiger charge is -2.67. The van der Waals surface area contributed by atoms with E-state index in [1.54, 1.807) is 6.07 Å². The summed E-state index contributed by atoms with van der Waals surface area (Å²) >= 11 is 0. The third kappa shape index (κ3) is 2.60. The molecular formula is C27H33NO6. The monoisotopic (exact) mass is 467 g/mol. The van der Waals surface area contributed by atoms with Crippen LogP contribution in [0.3, 0.4) is 0 Å². The Balaban J connectivity index is 1.41. The number of Topliss-reactive ketones (excluding diaryl/α,β-unsaturated/α-hetero) is 1. The number of piperidine rings is 1. The number of carbonyl (C=O) groups is 2. The minimum absolute atomic E-state index is 0.0142. The Morgan fingerprint density at radius 3 is 2.74 bits per heavy atom. The van der Waals surface area contributed by atoms with Gasteiger partial charge in [0.2, 0.25) is 0 Å². The van der Waals surface area contributed by atoms with Gasteiger partial charge in [0.1, 0.15) is 6.04 Å². The first kappa shape index (κ1) is 21.2. The second kappa shape index (κ2) is 6.97. The Bertz CT molecular complexity index is 1080. The van der Waals surface area contributed by atoms with Crippen molar-refractivity contribution in [1.82, 2.24) is 0 Å². The van der Waals surface area contributed by atoms with Gasteiger partial charge in [-0.2, -0.15) is 0 Å². The number of rotatable bonds is 4. The number of hydroxylamine groups is 3. The van der Waals surface area contributed by atoms with Crippen molar-refractivity contribution in [3.8, 4) is 11.5 Å². The van der Waals surface area contributed by atoms with Crippen LogP contribution >= 0.6 is 0 Å². The number of phenolic OH excluding ortho intramolecular Hbond substituents is 1. The first-order valence-corrected chi connectivity index (χ1v) is 13.2. The lowest BCUT2D eigenvalue weighted by molar-refractivity contribution is -0.923. The molecule has 1 N–H and O–H groups in total. The molecule has 34 heavy (non-hydrogen) atoms. The van der Waals surface area contributed by atoms with Crippen LogP contribution in [0.2, 0.25) is 0 Å². The molecule has 5 atom stereocenters. The lowest BCUT2D eigenvalue weighted by atomic mass is 9.48. The second-order valence-corrected chi connectivity index (χ2v) is 11.8. The van der Waals surface area contributed by atoms with Crippen LogP contribution in [0.15, 0.2) is 12.1 Å². The number of carbonyl (C=O) groups excluding carboxylic acids is 2. The van der Waals surface area contributed by atoms with Crippen LogP contribution in [0.25, 0.3) is 0 Å². The molecule has 7 rings (SSSR count). The average Bonchev–Trinajstić information content (AvgIpc) is 3.56. The van der Waals surface area contributed by atoms with E-state index in [1.165, 1.54) is 0 Å². The molecule has 182 valence electrons. The van der Waals surface area contributed by atoms with Gasteiger partial charge >= 0.3 is 5.97 Å². The smallest absolute Gasteiger partial charge is 0.309 e. The number of hydrogen-bond acceptors (Lipinski definition) is 6. The summed E-state index contributed by atoms with van der Waals surface area (Å²) in [5, 5.41) is 25.3. The van der Waals surface area contributed by atoms with Gasteiger partial charge in [0.15, 0.2) is 29.0 Å². The largest absolute Gasteiger partial charge is 0.632 e. The number of likely N-dealkylation sites (tertiary alicyclic amines) is 1. The molecule has 1 aromatic carbocycles. The number of ether oxygens (including phenoxy) is 2. The molecule has 1 aromatic rings. The van der Waals surface area contributed by atoms with Gasteiger partial charge in [-0.25, -0.2) is 0 Å². The third-order valence-electron chi connectivity index (χ3n) is 10.0. The standard InChI is InChI=1S/C27H33NO6/c29-19-9-8-18-14-21-27(34-25(31)17-4-2-1-3-5-17)11-10-20(30)24-26(27,22(18)23(19)33-24)12-13-28(21,32)15-16-6-7-16/h8-9,16-17,21,24,29H,1-7,10-15H2/t21-,24?,26+,27?,28?/m1/s1. The molecule has 0 aromatic heterocycles. The molecule has 2 bridgehead atoms. The van der Waals surface area contributed by atoms with E-state index in [9.17, 15) is 19.9 Å². The van der Waals surface area contributed by atoms with Crippen molar-refractivity contribution in [1.29, 1.82) is 0 Å². The number of quaternary nitrogens is 1. The van der Waals surface area contributed by atoms with Gasteiger partial charge in [-0.15, -0.1) is 0 Å². The number of aromatic hydroxyl groups is 1. The van der Waals surface area contributed by atoms with Crippen molar-refractivity contribution in [3.05, 3.63) is 28.5 Å². The predicted octanol–water partition coefficient (Wildman–Crippen LogP) is 3.67. The van der Waals surface area contributed by atoms with E-state index in [0.29, 0.717) is 44.0 Å². The van der Waals surface area contributed by atoms with Gasteiger partial charge in [0, 0.05) is 37.2 Å². The van der Waals surface area contributed by atoms with Gasteiger partial charge in [-0.1, -0.05) is 25.3 Å². The number of nitrogens with zero attached hydrogens (tertiary/aromatic N) is 1. The molecule has 6 aliphatic rings. The summed E-state index contributed by atoms with van der Waals surface area (Å²) in [5.74, 6) is 0.472. The van der Waals surface area contributed by atoms with Gasteiger partial charge in [-0.3, -0.25) is 9.59 Å². The quantitative estimate of drug-likeness (QED) is 0.412. The highest BCUT2D eigenvalue weighted by atomic mass is 16.6. The Hall–Kier alpha value is -2.12. The van der Waals surface area contributed by atoms with Crippen LogP contribution in [-0.2, 0) is 26.2 Å². The Labute approximate surface area is 199 Å². The molecule has 3 saturated carbocycles. The molecule has 4 fully saturated rings. The van der Waals surface area contributed by atoms with E-state index in [2.05, 4.69) is 0 Å². The van der Waals surface area contributed by atoms with Crippen LogP contribution < -0.4 is 4.74 Å². The van der Waals surface area contributed by atoms with Crippen molar-refractivity contribution < 1.29 is 28.8 Å².